The number of benzene rings is 1. The van der Waals surface area contributed by atoms with Crippen molar-refractivity contribution in [2.75, 3.05) is 19.4 Å². The Kier molecular flexibility index (Phi) is 5.59. The zero-order chi connectivity index (χ0) is 20.6. The van der Waals surface area contributed by atoms with E-state index in [0.29, 0.717) is 5.70 Å². The zero-order valence-corrected chi connectivity index (χ0v) is 17.1. The van der Waals surface area contributed by atoms with Crippen LogP contribution in [0.4, 0.5) is 5.69 Å². The van der Waals surface area contributed by atoms with Crippen molar-refractivity contribution in [2.24, 2.45) is 0 Å². The number of carbonyl (C=O) groups is 2. The van der Waals surface area contributed by atoms with Crippen LogP contribution < -0.4 is 10.6 Å². The third-order valence-electron chi connectivity index (χ3n) is 5.44. The number of aromatic hydroxyl groups is 1. The number of phenols is 1. The minimum Gasteiger partial charge on any atom is -0.505 e. The van der Waals surface area contributed by atoms with Gasteiger partial charge in [-0.2, -0.15) is 0 Å². The van der Waals surface area contributed by atoms with Crippen LogP contribution in [0.15, 0.2) is 23.5 Å². The van der Waals surface area contributed by atoms with E-state index in [1.54, 1.807) is 14.1 Å². The minimum atomic E-state index is -1.29. The van der Waals surface area contributed by atoms with Crippen molar-refractivity contribution in [2.45, 2.75) is 50.7 Å². The van der Waals surface area contributed by atoms with E-state index in [4.69, 9.17) is 11.6 Å². The normalized spacial score (nSPS) is 21.2. The molecular formula is C20H26ClN3O4. The Balaban J connectivity index is 1.91. The van der Waals surface area contributed by atoms with E-state index in [-0.39, 0.29) is 39.0 Å². The summed E-state index contributed by atoms with van der Waals surface area (Å²) in [5.41, 5.74) is 0.574. The summed E-state index contributed by atoms with van der Waals surface area (Å²) in [6.45, 7) is 2.07. The molecule has 0 radical (unpaired) electrons. The van der Waals surface area contributed by atoms with Crippen molar-refractivity contribution in [3.8, 4) is 5.75 Å². The molecule has 0 saturated heterocycles. The summed E-state index contributed by atoms with van der Waals surface area (Å²) in [5, 5.41) is 27.0. The van der Waals surface area contributed by atoms with Gasteiger partial charge in [-0.3, -0.25) is 9.59 Å². The van der Waals surface area contributed by atoms with E-state index >= 15 is 0 Å². The maximum atomic E-state index is 12.3. The topological polar surface area (TPSA) is 102 Å². The molecule has 1 aromatic rings. The molecule has 1 aromatic carbocycles. The third kappa shape index (κ3) is 3.69. The van der Waals surface area contributed by atoms with Gasteiger partial charge in [0, 0.05) is 19.6 Å². The lowest BCUT2D eigenvalue weighted by Gasteiger charge is -2.40. The second-order valence-corrected chi connectivity index (χ2v) is 8.35. The Labute approximate surface area is 169 Å². The van der Waals surface area contributed by atoms with Crippen molar-refractivity contribution in [3.05, 3.63) is 34.1 Å². The van der Waals surface area contributed by atoms with Gasteiger partial charge >= 0.3 is 0 Å². The molecule has 0 heterocycles. The highest BCUT2D eigenvalue weighted by molar-refractivity contribution is 6.34. The fraction of sp³-hybridized carbons (Fsp3) is 0.500. The predicted molar refractivity (Wildman–Crippen MR) is 107 cm³/mol. The van der Waals surface area contributed by atoms with Gasteiger partial charge in [-0.1, -0.05) is 30.9 Å². The SMILES string of the molecule is CN(C)C(=O)c1c(Cl)ccc(NC2=C(NC3(C)CCCCC3)C(=O)C2O)c1O. The summed E-state index contributed by atoms with van der Waals surface area (Å²) in [6, 6.07) is 3.00. The summed E-state index contributed by atoms with van der Waals surface area (Å²) < 4.78 is 0. The van der Waals surface area contributed by atoms with Crippen LogP contribution in [0.3, 0.4) is 0 Å². The fourth-order valence-electron chi connectivity index (χ4n) is 3.72. The summed E-state index contributed by atoms with van der Waals surface area (Å²) in [5.74, 6) is -1.15. The number of halogens is 1. The summed E-state index contributed by atoms with van der Waals surface area (Å²) in [7, 11) is 3.12. The lowest BCUT2D eigenvalue weighted by molar-refractivity contribution is -0.125. The van der Waals surface area contributed by atoms with Crippen LogP contribution in [0.5, 0.6) is 5.75 Å². The van der Waals surface area contributed by atoms with Gasteiger partial charge in [0.2, 0.25) is 5.78 Å². The van der Waals surface area contributed by atoms with Gasteiger partial charge in [0.05, 0.1) is 16.4 Å². The number of carbonyl (C=O) groups excluding carboxylic acids is 2. The van der Waals surface area contributed by atoms with Gasteiger partial charge in [0.1, 0.15) is 11.3 Å². The highest BCUT2D eigenvalue weighted by Gasteiger charge is 2.42. The summed E-state index contributed by atoms with van der Waals surface area (Å²) >= 11 is 6.09. The molecular weight excluding hydrogens is 382 g/mol. The van der Waals surface area contributed by atoms with Crippen molar-refractivity contribution in [3.63, 3.8) is 0 Å². The van der Waals surface area contributed by atoms with Crippen molar-refractivity contribution in [1.29, 1.82) is 0 Å². The third-order valence-corrected chi connectivity index (χ3v) is 5.75. The first-order valence-corrected chi connectivity index (χ1v) is 9.77. The molecule has 152 valence electrons. The molecule has 2 aliphatic rings. The fourth-order valence-corrected chi connectivity index (χ4v) is 3.95. The van der Waals surface area contributed by atoms with Gasteiger partial charge in [0.25, 0.3) is 5.91 Å². The van der Waals surface area contributed by atoms with Crippen molar-refractivity contribution in [1.82, 2.24) is 10.2 Å². The highest BCUT2D eigenvalue weighted by Crippen LogP contribution is 2.38. The number of ketones is 1. The van der Waals surface area contributed by atoms with Gasteiger partial charge in [-0.05, 0) is 31.9 Å². The van der Waals surface area contributed by atoms with E-state index in [9.17, 15) is 19.8 Å². The summed E-state index contributed by atoms with van der Waals surface area (Å²) in [6.07, 6.45) is 3.95. The van der Waals surface area contributed by atoms with Crippen LogP contribution in [0, 0.1) is 0 Å². The number of hydrogen-bond donors (Lipinski definition) is 4. The first-order valence-electron chi connectivity index (χ1n) is 9.39. The molecule has 2 aliphatic carbocycles. The molecule has 1 atom stereocenters. The highest BCUT2D eigenvalue weighted by atomic mass is 35.5. The number of aliphatic hydroxyl groups is 1. The number of Topliss-reactive ketones (excluding diaryl/α,β-unsaturated/α-hetero) is 1. The predicted octanol–water partition coefficient (Wildman–Crippen LogP) is 2.63. The molecule has 1 saturated carbocycles. The van der Waals surface area contributed by atoms with Gasteiger partial charge in [-0.25, -0.2) is 0 Å². The molecule has 28 heavy (non-hydrogen) atoms. The second kappa shape index (κ2) is 7.64. The van der Waals surface area contributed by atoms with E-state index < -0.39 is 12.0 Å². The van der Waals surface area contributed by atoms with Gasteiger partial charge < -0.3 is 25.7 Å². The van der Waals surface area contributed by atoms with E-state index in [1.165, 1.54) is 23.5 Å². The van der Waals surface area contributed by atoms with Gasteiger partial charge in [0.15, 0.2) is 11.9 Å². The average Bonchev–Trinajstić information content (AvgIpc) is 2.66. The lowest BCUT2D eigenvalue weighted by atomic mass is 9.81. The standard InChI is InChI=1S/C20H26ClN3O4/c1-20(9-5-4-6-10-20)23-15-14(17(26)18(15)27)22-12-8-7-11(21)13(16(12)25)19(28)24(2)3/h7-8,17,22-23,25-26H,4-6,9-10H2,1-3H3. The number of nitrogens with one attached hydrogen (secondary N) is 2. The Morgan fingerprint density at radius 1 is 1.25 bits per heavy atom. The number of hydrogen-bond acceptors (Lipinski definition) is 6. The number of phenolic OH excluding ortho intramolecular Hbond substituents is 1. The van der Waals surface area contributed by atoms with Crippen molar-refractivity contribution < 1.29 is 19.8 Å². The minimum absolute atomic E-state index is 0.0360. The molecule has 8 heteroatoms. The quantitative estimate of drug-likeness (QED) is 0.560. The zero-order valence-electron chi connectivity index (χ0n) is 16.3. The molecule has 0 aromatic heterocycles. The van der Waals surface area contributed by atoms with Gasteiger partial charge in [-0.15, -0.1) is 0 Å². The monoisotopic (exact) mass is 407 g/mol. The van der Waals surface area contributed by atoms with Crippen molar-refractivity contribution >= 4 is 29.0 Å². The number of nitrogens with zero attached hydrogens (tertiary/aromatic N) is 1. The lowest BCUT2D eigenvalue weighted by Crippen LogP contribution is -2.53. The largest absolute Gasteiger partial charge is 0.505 e. The average molecular weight is 408 g/mol. The smallest absolute Gasteiger partial charge is 0.258 e. The molecule has 0 bridgehead atoms. The Morgan fingerprint density at radius 2 is 1.89 bits per heavy atom. The Morgan fingerprint density at radius 3 is 2.50 bits per heavy atom. The molecule has 1 fully saturated rings. The number of rotatable bonds is 5. The van der Waals surface area contributed by atoms with Crippen LogP contribution in [0.2, 0.25) is 5.02 Å². The first kappa shape index (κ1) is 20.5. The Hall–Kier alpha value is -2.25. The maximum absolute atomic E-state index is 12.3. The van der Waals surface area contributed by atoms with E-state index in [1.807, 2.05) is 0 Å². The van der Waals surface area contributed by atoms with Crippen LogP contribution in [-0.4, -0.2) is 52.5 Å². The van der Waals surface area contributed by atoms with E-state index in [0.717, 1.165) is 25.7 Å². The van der Waals surface area contributed by atoms with Crippen LogP contribution in [0.25, 0.3) is 0 Å². The number of aliphatic hydroxyl groups excluding tert-OH is 1. The van der Waals surface area contributed by atoms with Crippen LogP contribution in [-0.2, 0) is 4.79 Å². The first-order chi connectivity index (χ1) is 13.1. The molecule has 7 nitrogen and oxygen atoms in total. The Bertz CT molecular complexity index is 844. The molecule has 0 aliphatic heterocycles. The molecule has 4 N–H and O–H groups in total. The molecule has 1 unspecified atom stereocenters. The van der Waals surface area contributed by atoms with Crippen LogP contribution in [0.1, 0.15) is 49.4 Å². The summed E-state index contributed by atoms with van der Waals surface area (Å²) in [4.78, 5) is 25.9. The number of anilines is 1. The second-order valence-electron chi connectivity index (χ2n) is 7.94. The van der Waals surface area contributed by atoms with E-state index in [2.05, 4.69) is 17.6 Å². The van der Waals surface area contributed by atoms with Crippen LogP contribution >= 0.6 is 11.6 Å². The molecule has 0 spiro atoms. The molecule has 1 amide bonds. The molecule has 3 rings (SSSR count). The number of amides is 1. The maximum Gasteiger partial charge on any atom is 0.258 e.